The molecule has 2 aromatic rings. The van der Waals surface area contributed by atoms with Gasteiger partial charge in [-0.15, -0.1) is 0 Å². The molecule has 8 nitrogen and oxygen atoms in total. The van der Waals surface area contributed by atoms with E-state index in [1.165, 1.54) is 0 Å². The zero-order valence-electron chi connectivity index (χ0n) is 16.8. The number of rotatable bonds is 9. The molecule has 0 aliphatic heterocycles. The summed E-state index contributed by atoms with van der Waals surface area (Å²) in [5.41, 5.74) is 6.09. The monoisotopic (exact) mass is 477 g/mol. The van der Waals surface area contributed by atoms with Crippen molar-refractivity contribution in [3.63, 3.8) is 0 Å². The third kappa shape index (κ3) is 8.12. The van der Waals surface area contributed by atoms with E-state index in [1.54, 1.807) is 36.4 Å². The van der Waals surface area contributed by atoms with Crippen molar-refractivity contribution in [1.82, 2.24) is 10.9 Å². The SMILES string of the molecule is CCOc1ccc(NC(=O)CCC(=O)NNC(=O)COc2ccc(Br)c(C)c2)cc1. The van der Waals surface area contributed by atoms with Gasteiger partial charge < -0.3 is 14.8 Å². The van der Waals surface area contributed by atoms with Gasteiger partial charge in [0.25, 0.3) is 5.91 Å². The lowest BCUT2D eigenvalue weighted by molar-refractivity contribution is -0.130. The first kappa shape index (κ1) is 23.2. The maximum atomic E-state index is 11.9. The number of hydrogen-bond acceptors (Lipinski definition) is 5. The Kier molecular flexibility index (Phi) is 9.14. The van der Waals surface area contributed by atoms with Crippen LogP contribution in [0.3, 0.4) is 0 Å². The number of hydrazine groups is 1. The normalized spacial score (nSPS) is 10.1. The number of nitrogens with one attached hydrogen (secondary N) is 3. The molecule has 3 amide bonds. The fourth-order valence-corrected chi connectivity index (χ4v) is 2.59. The summed E-state index contributed by atoms with van der Waals surface area (Å²) in [5, 5.41) is 2.69. The summed E-state index contributed by atoms with van der Waals surface area (Å²) in [4.78, 5) is 35.5. The summed E-state index contributed by atoms with van der Waals surface area (Å²) >= 11 is 3.39. The summed E-state index contributed by atoms with van der Waals surface area (Å²) in [7, 11) is 0. The highest BCUT2D eigenvalue weighted by molar-refractivity contribution is 9.10. The van der Waals surface area contributed by atoms with Gasteiger partial charge in [-0.1, -0.05) is 15.9 Å². The highest BCUT2D eigenvalue weighted by Gasteiger charge is 2.09. The molecule has 0 heterocycles. The fourth-order valence-electron chi connectivity index (χ4n) is 2.35. The molecular weight excluding hydrogens is 454 g/mol. The molecule has 0 spiro atoms. The van der Waals surface area contributed by atoms with Gasteiger partial charge in [-0.25, -0.2) is 0 Å². The number of carbonyl (C=O) groups excluding carboxylic acids is 3. The molecule has 0 saturated carbocycles. The van der Waals surface area contributed by atoms with Gasteiger partial charge >= 0.3 is 0 Å². The number of carbonyl (C=O) groups is 3. The van der Waals surface area contributed by atoms with Crippen LogP contribution < -0.4 is 25.6 Å². The van der Waals surface area contributed by atoms with E-state index in [-0.39, 0.29) is 25.4 Å². The van der Waals surface area contributed by atoms with Crippen LogP contribution in [0.4, 0.5) is 5.69 Å². The van der Waals surface area contributed by atoms with Crippen molar-refractivity contribution >= 4 is 39.3 Å². The van der Waals surface area contributed by atoms with Crippen LogP contribution in [-0.2, 0) is 14.4 Å². The summed E-state index contributed by atoms with van der Waals surface area (Å²) in [6.07, 6.45) is -0.0977. The second kappa shape index (κ2) is 11.8. The molecule has 0 aliphatic carbocycles. The second-order valence-electron chi connectivity index (χ2n) is 6.30. The Hall–Kier alpha value is -3.07. The van der Waals surface area contributed by atoms with Crippen molar-refractivity contribution in [1.29, 1.82) is 0 Å². The van der Waals surface area contributed by atoms with Gasteiger partial charge in [0.1, 0.15) is 11.5 Å². The Bertz CT molecular complexity index is 887. The van der Waals surface area contributed by atoms with Gasteiger partial charge in [0.2, 0.25) is 11.8 Å². The van der Waals surface area contributed by atoms with Crippen LogP contribution in [0.1, 0.15) is 25.3 Å². The smallest absolute Gasteiger partial charge is 0.276 e. The van der Waals surface area contributed by atoms with Gasteiger partial charge in [-0.2, -0.15) is 0 Å². The molecule has 30 heavy (non-hydrogen) atoms. The Balaban J connectivity index is 1.64. The van der Waals surface area contributed by atoms with Gasteiger partial charge in [0.15, 0.2) is 6.61 Å². The molecule has 2 rings (SSSR count). The average Bonchev–Trinajstić information content (AvgIpc) is 2.73. The predicted molar refractivity (Wildman–Crippen MR) is 116 cm³/mol. The van der Waals surface area contributed by atoms with Crippen LogP contribution in [0.25, 0.3) is 0 Å². The zero-order chi connectivity index (χ0) is 21.9. The lowest BCUT2D eigenvalue weighted by atomic mass is 10.2. The van der Waals surface area contributed by atoms with Crippen LogP contribution in [0.5, 0.6) is 11.5 Å². The molecule has 160 valence electrons. The zero-order valence-corrected chi connectivity index (χ0v) is 18.4. The van der Waals surface area contributed by atoms with Crippen molar-refractivity contribution < 1.29 is 23.9 Å². The number of amides is 3. The number of anilines is 1. The first-order chi connectivity index (χ1) is 14.4. The Labute approximate surface area is 183 Å². The van der Waals surface area contributed by atoms with Crippen molar-refractivity contribution in [2.24, 2.45) is 0 Å². The molecule has 0 radical (unpaired) electrons. The first-order valence-electron chi connectivity index (χ1n) is 9.36. The van der Waals surface area contributed by atoms with Gasteiger partial charge in [-0.3, -0.25) is 25.2 Å². The van der Waals surface area contributed by atoms with E-state index in [0.29, 0.717) is 23.8 Å². The Morgan fingerprint density at radius 2 is 1.50 bits per heavy atom. The molecule has 0 atom stereocenters. The van der Waals surface area contributed by atoms with Crippen LogP contribution in [-0.4, -0.2) is 30.9 Å². The highest BCUT2D eigenvalue weighted by atomic mass is 79.9. The quantitative estimate of drug-likeness (QED) is 0.481. The summed E-state index contributed by atoms with van der Waals surface area (Å²) < 4.78 is 11.6. The van der Waals surface area contributed by atoms with Crippen LogP contribution in [0.15, 0.2) is 46.9 Å². The molecule has 0 aliphatic rings. The molecule has 0 saturated heterocycles. The predicted octanol–water partition coefficient (Wildman–Crippen LogP) is 3.10. The standard InChI is InChI=1S/C21H24BrN3O5/c1-3-29-16-6-4-15(5-7-16)23-19(26)10-11-20(27)24-25-21(28)13-30-17-8-9-18(22)14(2)12-17/h4-9,12H,3,10-11,13H2,1-2H3,(H,23,26)(H,24,27)(H,25,28). The Morgan fingerprint density at radius 1 is 0.867 bits per heavy atom. The topological polar surface area (TPSA) is 106 Å². The number of benzene rings is 2. The third-order valence-corrected chi connectivity index (χ3v) is 4.76. The van der Waals surface area contributed by atoms with Gasteiger partial charge in [-0.05, 0) is 61.9 Å². The van der Waals surface area contributed by atoms with Crippen molar-refractivity contribution in [3.8, 4) is 11.5 Å². The lowest BCUT2D eigenvalue weighted by Gasteiger charge is -2.10. The number of hydrogen-bond donors (Lipinski definition) is 3. The van der Waals surface area contributed by atoms with E-state index < -0.39 is 11.8 Å². The van der Waals surface area contributed by atoms with Crippen molar-refractivity contribution in [2.45, 2.75) is 26.7 Å². The fraction of sp³-hybridized carbons (Fsp3) is 0.286. The molecule has 9 heteroatoms. The van der Waals surface area contributed by atoms with Gasteiger partial charge in [0.05, 0.1) is 6.61 Å². The van der Waals surface area contributed by atoms with E-state index in [4.69, 9.17) is 9.47 Å². The summed E-state index contributed by atoms with van der Waals surface area (Å²) in [5.74, 6) is -0.0463. The third-order valence-electron chi connectivity index (χ3n) is 3.87. The number of ether oxygens (including phenoxy) is 2. The largest absolute Gasteiger partial charge is 0.494 e. The van der Waals surface area contributed by atoms with Crippen molar-refractivity contribution in [3.05, 3.63) is 52.5 Å². The van der Waals surface area contributed by atoms with Crippen LogP contribution in [0, 0.1) is 6.92 Å². The van der Waals surface area contributed by atoms with E-state index in [9.17, 15) is 14.4 Å². The number of aryl methyl sites for hydroxylation is 1. The highest BCUT2D eigenvalue weighted by Crippen LogP contribution is 2.21. The Morgan fingerprint density at radius 3 is 2.17 bits per heavy atom. The average molecular weight is 478 g/mol. The molecule has 0 bridgehead atoms. The summed E-state index contributed by atoms with van der Waals surface area (Å²) in [6, 6.07) is 12.3. The van der Waals surface area contributed by atoms with Crippen LogP contribution >= 0.6 is 15.9 Å². The lowest BCUT2D eigenvalue weighted by Crippen LogP contribution is -2.44. The van der Waals surface area contributed by atoms with Crippen molar-refractivity contribution in [2.75, 3.05) is 18.5 Å². The number of halogens is 1. The molecular formula is C21H24BrN3O5. The van der Waals surface area contributed by atoms with E-state index in [1.807, 2.05) is 19.9 Å². The molecule has 0 unspecified atom stereocenters. The van der Waals surface area contributed by atoms with E-state index in [0.717, 1.165) is 10.0 Å². The maximum Gasteiger partial charge on any atom is 0.276 e. The first-order valence-corrected chi connectivity index (χ1v) is 10.2. The molecule has 2 aromatic carbocycles. The minimum Gasteiger partial charge on any atom is -0.494 e. The van der Waals surface area contributed by atoms with Gasteiger partial charge in [0, 0.05) is 23.0 Å². The summed E-state index contributed by atoms with van der Waals surface area (Å²) in [6.45, 7) is 4.11. The maximum absolute atomic E-state index is 11.9. The van der Waals surface area contributed by atoms with E-state index >= 15 is 0 Å². The molecule has 0 fully saturated rings. The molecule has 3 N–H and O–H groups in total. The molecule has 0 aromatic heterocycles. The minimum atomic E-state index is -0.511. The second-order valence-corrected chi connectivity index (χ2v) is 7.16. The van der Waals surface area contributed by atoms with E-state index in [2.05, 4.69) is 32.1 Å². The van der Waals surface area contributed by atoms with Crippen LogP contribution in [0.2, 0.25) is 0 Å². The minimum absolute atomic E-state index is 0.0242.